The third-order valence-corrected chi connectivity index (χ3v) is 3.92. The van der Waals surface area contributed by atoms with Crippen molar-refractivity contribution in [2.75, 3.05) is 26.7 Å². The molecule has 22 heavy (non-hydrogen) atoms. The number of hydrogen-bond donors (Lipinski definition) is 1. The maximum atomic E-state index is 12.6. The number of para-hydroxylation sites is 1. The standard InChI is InChI=1S/C16H20N4O2/c1-22-15-6-3-2-5-13(15)14-11-17-8-10-20(14)16(21)12-19-9-4-7-18-19/h2-7,9,14,17H,8,10-12H2,1H3/t14-/m0/s1. The number of aromatic nitrogens is 2. The zero-order valence-corrected chi connectivity index (χ0v) is 12.6. The van der Waals surface area contributed by atoms with Crippen LogP contribution in [0.2, 0.25) is 0 Å². The molecule has 0 aliphatic carbocycles. The van der Waals surface area contributed by atoms with Gasteiger partial charge in [0, 0.05) is 37.6 Å². The van der Waals surface area contributed by atoms with Crippen molar-refractivity contribution in [2.45, 2.75) is 12.6 Å². The fourth-order valence-corrected chi connectivity index (χ4v) is 2.85. The van der Waals surface area contributed by atoms with Gasteiger partial charge in [0.2, 0.25) is 5.91 Å². The Hall–Kier alpha value is -2.34. The second-order valence-electron chi connectivity index (χ2n) is 5.25. The average molecular weight is 300 g/mol. The van der Waals surface area contributed by atoms with E-state index in [2.05, 4.69) is 10.4 Å². The minimum Gasteiger partial charge on any atom is -0.496 e. The molecular formula is C16H20N4O2. The summed E-state index contributed by atoms with van der Waals surface area (Å²) in [6.45, 7) is 2.48. The maximum absolute atomic E-state index is 12.6. The van der Waals surface area contributed by atoms with Crippen LogP contribution in [0, 0.1) is 0 Å². The molecule has 1 saturated heterocycles. The minimum atomic E-state index is -0.0204. The van der Waals surface area contributed by atoms with Gasteiger partial charge in [0.05, 0.1) is 13.2 Å². The van der Waals surface area contributed by atoms with Crippen molar-refractivity contribution in [3.8, 4) is 5.75 Å². The molecule has 6 nitrogen and oxygen atoms in total. The van der Waals surface area contributed by atoms with Crippen molar-refractivity contribution >= 4 is 5.91 Å². The molecule has 6 heteroatoms. The molecule has 0 saturated carbocycles. The second kappa shape index (κ2) is 6.62. The molecule has 1 atom stereocenters. The van der Waals surface area contributed by atoms with E-state index in [-0.39, 0.29) is 18.5 Å². The van der Waals surface area contributed by atoms with E-state index in [1.807, 2.05) is 35.2 Å². The molecular weight excluding hydrogens is 280 g/mol. The van der Waals surface area contributed by atoms with Crippen LogP contribution in [0.1, 0.15) is 11.6 Å². The van der Waals surface area contributed by atoms with Crippen LogP contribution in [-0.4, -0.2) is 47.3 Å². The van der Waals surface area contributed by atoms with Crippen molar-refractivity contribution in [2.24, 2.45) is 0 Å². The molecule has 0 radical (unpaired) electrons. The smallest absolute Gasteiger partial charge is 0.244 e. The van der Waals surface area contributed by atoms with E-state index in [1.54, 1.807) is 24.2 Å². The highest BCUT2D eigenvalue weighted by Crippen LogP contribution is 2.30. The monoisotopic (exact) mass is 300 g/mol. The van der Waals surface area contributed by atoms with Crippen molar-refractivity contribution < 1.29 is 9.53 Å². The van der Waals surface area contributed by atoms with Gasteiger partial charge < -0.3 is 15.0 Å². The molecule has 1 amide bonds. The number of nitrogens with zero attached hydrogens (tertiary/aromatic N) is 3. The number of nitrogens with one attached hydrogen (secondary N) is 1. The third kappa shape index (κ3) is 2.96. The van der Waals surface area contributed by atoms with E-state index < -0.39 is 0 Å². The highest BCUT2D eigenvalue weighted by molar-refractivity contribution is 5.76. The van der Waals surface area contributed by atoms with E-state index in [9.17, 15) is 4.79 Å². The Kier molecular flexibility index (Phi) is 4.39. The number of rotatable bonds is 4. The zero-order chi connectivity index (χ0) is 15.4. The summed E-state index contributed by atoms with van der Waals surface area (Å²) in [5.74, 6) is 0.884. The van der Waals surface area contributed by atoms with E-state index in [1.165, 1.54) is 0 Å². The maximum Gasteiger partial charge on any atom is 0.244 e. The second-order valence-corrected chi connectivity index (χ2v) is 5.25. The molecule has 1 aliphatic rings. The topological polar surface area (TPSA) is 59.4 Å². The van der Waals surface area contributed by atoms with Crippen LogP contribution < -0.4 is 10.1 Å². The van der Waals surface area contributed by atoms with Gasteiger partial charge in [0.25, 0.3) is 0 Å². The zero-order valence-electron chi connectivity index (χ0n) is 12.6. The summed E-state index contributed by atoms with van der Waals surface area (Å²) in [6, 6.07) is 9.66. The number of methoxy groups -OCH3 is 1. The number of benzene rings is 1. The number of hydrogen-bond acceptors (Lipinski definition) is 4. The lowest BCUT2D eigenvalue weighted by atomic mass is 10.0. The lowest BCUT2D eigenvalue weighted by Gasteiger charge is -2.37. The highest BCUT2D eigenvalue weighted by atomic mass is 16.5. The Balaban J connectivity index is 1.83. The first-order chi connectivity index (χ1) is 10.8. The first-order valence-corrected chi connectivity index (χ1v) is 7.40. The molecule has 1 aliphatic heterocycles. The van der Waals surface area contributed by atoms with E-state index in [0.717, 1.165) is 24.4 Å². The summed E-state index contributed by atoms with van der Waals surface area (Å²) >= 11 is 0. The highest BCUT2D eigenvalue weighted by Gasteiger charge is 2.29. The number of amides is 1. The quantitative estimate of drug-likeness (QED) is 0.917. The van der Waals surface area contributed by atoms with E-state index in [4.69, 9.17) is 4.74 Å². The summed E-state index contributed by atoms with van der Waals surface area (Å²) in [4.78, 5) is 14.6. The molecule has 0 unspecified atom stereocenters. The summed E-state index contributed by atoms with van der Waals surface area (Å²) in [5, 5.41) is 7.47. The van der Waals surface area contributed by atoms with E-state index >= 15 is 0 Å². The Morgan fingerprint density at radius 2 is 2.27 bits per heavy atom. The molecule has 2 heterocycles. The predicted octanol–water partition coefficient (Wildman–Crippen LogP) is 1.06. The molecule has 0 bridgehead atoms. The number of ether oxygens (including phenoxy) is 1. The van der Waals surface area contributed by atoms with Gasteiger partial charge in [-0.05, 0) is 12.1 Å². The molecule has 1 N–H and O–H groups in total. The lowest BCUT2D eigenvalue weighted by Crippen LogP contribution is -2.49. The SMILES string of the molecule is COc1ccccc1[C@@H]1CNCCN1C(=O)Cn1cccn1. The molecule has 3 rings (SSSR count). The van der Waals surface area contributed by atoms with Gasteiger partial charge in [-0.2, -0.15) is 5.10 Å². The molecule has 1 aromatic carbocycles. The fraction of sp³-hybridized carbons (Fsp3) is 0.375. The minimum absolute atomic E-state index is 0.0204. The van der Waals surface area contributed by atoms with Gasteiger partial charge in [-0.3, -0.25) is 9.48 Å². The fourth-order valence-electron chi connectivity index (χ4n) is 2.85. The van der Waals surface area contributed by atoms with Crippen LogP contribution in [0.3, 0.4) is 0 Å². The van der Waals surface area contributed by atoms with Crippen molar-refractivity contribution in [1.29, 1.82) is 0 Å². The first-order valence-electron chi connectivity index (χ1n) is 7.40. The number of carbonyl (C=O) groups excluding carboxylic acids is 1. The Bertz CT molecular complexity index is 627. The molecule has 1 aromatic heterocycles. The normalized spacial score (nSPS) is 18.2. The Morgan fingerprint density at radius 1 is 1.41 bits per heavy atom. The van der Waals surface area contributed by atoms with Crippen molar-refractivity contribution in [3.05, 3.63) is 48.3 Å². The van der Waals surface area contributed by atoms with Gasteiger partial charge in [0.1, 0.15) is 12.3 Å². The van der Waals surface area contributed by atoms with E-state index in [0.29, 0.717) is 6.54 Å². The number of piperazine rings is 1. The molecule has 0 spiro atoms. The Morgan fingerprint density at radius 3 is 3.05 bits per heavy atom. The van der Waals surface area contributed by atoms with Gasteiger partial charge in [-0.15, -0.1) is 0 Å². The summed E-state index contributed by atoms with van der Waals surface area (Å²) < 4.78 is 7.11. The van der Waals surface area contributed by atoms with Gasteiger partial charge in [-0.1, -0.05) is 18.2 Å². The molecule has 2 aromatic rings. The summed E-state index contributed by atoms with van der Waals surface area (Å²) in [5.41, 5.74) is 1.03. The van der Waals surface area contributed by atoms with Crippen molar-refractivity contribution in [3.63, 3.8) is 0 Å². The predicted molar refractivity (Wildman–Crippen MR) is 82.5 cm³/mol. The third-order valence-electron chi connectivity index (χ3n) is 3.92. The summed E-state index contributed by atoms with van der Waals surface area (Å²) in [6.07, 6.45) is 3.49. The lowest BCUT2D eigenvalue weighted by molar-refractivity contribution is -0.135. The average Bonchev–Trinajstić information content (AvgIpc) is 3.07. The van der Waals surface area contributed by atoms with Gasteiger partial charge in [0.15, 0.2) is 0 Å². The Labute approximate surface area is 129 Å². The van der Waals surface area contributed by atoms with Crippen LogP contribution in [-0.2, 0) is 11.3 Å². The van der Waals surface area contributed by atoms with Crippen LogP contribution >= 0.6 is 0 Å². The van der Waals surface area contributed by atoms with Crippen LogP contribution in [0.25, 0.3) is 0 Å². The van der Waals surface area contributed by atoms with Crippen LogP contribution in [0.5, 0.6) is 5.75 Å². The van der Waals surface area contributed by atoms with Crippen molar-refractivity contribution in [1.82, 2.24) is 20.0 Å². The number of carbonyl (C=O) groups is 1. The van der Waals surface area contributed by atoms with Crippen LogP contribution in [0.15, 0.2) is 42.7 Å². The van der Waals surface area contributed by atoms with Gasteiger partial charge >= 0.3 is 0 Å². The van der Waals surface area contributed by atoms with Gasteiger partial charge in [-0.25, -0.2) is 0 Å². The molecule has 1 fully saturated rings. The first kappa shape index (κ1) is 14.6. The summed E-state index contributed by atoms with van der Waals surface area (Å²) in [7, 11) is 1.66. The largest absolute Gasteiger partial charge is 0.496 e. The molecule has 116 valence electrons. The van der Waals surface area contributed by atoms with Crippen LogP contribution in [0.4, 0.5) is 0 Å².